The standard InChI is InChI=1S/C11H17ClN4O3/c1-16(5-7(17)6-19-2)11(18)10-8(12)3-4-9(14-10)15-13/h3-4,7,17H,5-6,13H2,1-2H3,(H,14,15). The molecule has 0 aliphatic carbocycles. The van der Waals surface area contributed by atoms with Gasteiger partial charge in [0.05, 0.1) is 17.7 Å². The van der Waals surface area contributed by atoms with Crippen LogP contribution in [0.25, 0.3) is 0 Å². The molecule has 0 saturated carbocycles. The van der Waals surface area contributed by atoms with E-state index in [1.165, 1.54) is 18.1 Å². The maximum Gasteiger partial charge on any atom is 0.273 e. The molecule has 0 radical (unpaired) electrons. The lowest BCUT2D eigenvalue weighted by Crippen LogP contribution is -2.36. The maximum absolute atomic E-state index is 12.1. The molecule has 1 aromatic rings. The van der Waals surface area contributed by atoms with Gasteiger partial charge in [-0.05, 0) is 12.1 Å². The molecule has 0 aromatic carbocycles. The number of rotatable bonds is 6. The number of hydrogen-bond donors (Lipinski definition) is 3. The van der Waals surface area contributed by atoms with Gasteiger partial charge in [0.15, 0.2) is 0 Å². The normalized spacial score (nSPS) is 12.1. The van der Waals surface area contributed by atoms with Gasteiger partial charge in [-0.15, -0.1) is 0 Å². The zero-order valence-electron chi connectivity index (χ0n) is 10.8. The number of halogens is 1. The van der Waals surface area contributed by atoms with Gasteiger partial charge in [0.2, 0.25) is 0 Å². The van der Waals surface area contributed by atoms with Crippen LogP contribution < -0.4 is 11.3 Å². The third-order valence-electron chi connectivity index (χ3n) is 2.39. The van der Waals surface area contributed by atoms with E-state index < -0.39 is 12.0 Å². The molecule has 0 aliphatic heterocycles. The molecule has 1 heterocycles. The molecule has 1 rings (SSSR count). The lowest BCUT2D eigenvalue weighted by Gasteiger charge is -2.20. The summed E-state index contributed by atoms with van der Waals surface area (Å²) < 4.78 is 4.79. The second-order valence-electron chi connectivity index (χ2n) is 3.97. The predicted octanol–water partition coefficient (Wildman–Crippen LogP) is 0.0999. The van der Waals surface area contributed by atoms with Crippen LogP contribution in [0.5, 0.6) is 0 Å². The van der Waals surface area contributed by atoms with Crippen LogP contribution in [0.3, 0.4) is 0 Å². The molecule has 1 amide bonds. The van der Waals surface area contributed by atoms with E-state index in [1.54, 1.807) is 13.1 Å². The van der Waals surface area contributed by atoms with Gasteiger partial charge in [0, 0.05) is 20.7 Å². The van der Waals surface area contributed by atoms with E-state index in [4.69, 9.17) is 22.2 Å². The van der Waals surface area contributed by atoms with Crippen molar-refractivity contribution in [1.29, 1.82) is 0 Å². The van der Waals surface area contributed by atoms with Crippen molar-refractivity contribution in [2.24, 2.45) is 5.84 Å². The van der Waals surface area contributed by atoms with Crippen molar-refractivity contribution in [2.45, 2.75) is 6.10 Å². The Bertz CT molecular complexity index is 444. The molecule has 0 fully saturated rings. The first-order valence-electron chi connectivity index (χ1n) is 5.55. The fraction of sp³-hybridized carbons (Fsp3) is 0.455. The quantitative estimate of drug-likeness (QED) is 0.507. The predicted molar refractivity (Wildman–Crippen MR) is 71.9 cm³/mol. The molecule has 0 spiro atoms. The number of aromatic nitrogens is 1. The molecule has 4 N–H and O–H groups in total. The zero-order valence-corrected chi connectivity index (χ0v) is 11.5. The first-order valence-corrected chi connectivity index (χ1v) is 5.93. The molecule has 1 aromatic heterocycles. The average molecular weight is 289 g/mol. The van der Waals surface area contributed by atoms with E-state index in [0.717, 1.165) is 0 Å². The minimum absolute atomic E-state index is 0.0734. The van der Waals surface area contributed by atoms with E-state index in [9.17, 15) is 9.90 Å². The van der Waals surface area contributed by atoms with Crippen LogP contribution in [-0.2, 0) is 4.74 Å². The number of aliphatic hydroxyl groups is 1. The number of nitrogens with zero attached hydrogens (tertiary/aromatic N) is 2. The molecule has 106 valence electrons. The number of anilines is 1. The highest BCUT2D eigenvalue weighted by molar-refractivity contribution is 6.33. The second kappa shape index (κ2) is 7.25. The minimum atomic E-state index is -0.770. The highest BCUT2D eigenvalue weighted by Crippen LogP contribution is 2.17. The lowest BCUT2D eigenvalue weighted by molar-refractivity contribution is 0.0378. The molecular weight excluding hydrogens is 272 g/mol. The summed E-state index contributed by atoms with van der Waals surface area (Å²) in [4.78, 5) is 17.4. The Hall–Kier alpha value is -1.41. The summed E-state index contributed by atoms with van der Waals surface area (Å²) in [5.41, 5.74) is 2.41. The van der Waals surface area contributed by atoms with Gasteiger partial charge in [0.25, 0.3) is 5.91 Å². The third kappa shape index (κ3) is 4.32. The third-order valence-corrected chi connectivity index (χ3v) is 2.69. The largest absolute Gasteiger partial charge is 0.389 e. The second-order valence-corrected chi connectivity index (χ2v) is 4.37. The van der Waals surface area contributed by atoms with Crippen LogP contribution in [0.2, 0.25) is 5.02 Å². The fourth-order valence-electron chi connectivity index (χ4n) is 1.50. The zero-order chi connectivity index (χ0) is 14.4. The molecule has 7 nitrogen and oxygen atoms in total. The summed E-state index contributed by atoms with van der Waals surface area (Å²) in [6, 6.07) is 3.08. The van der Waals surface area contributed by atoms with Gasteiger partial charge >= 0.3 is 0 Å². The smallest absolute Gasteiger partial charge is 0.273 e. The van der Waals surface area contributed by atoms with Gasteiger partial charge in [-0.3, -0.25) is 4.79 Å². The molecule has 1 unspecified atom stereocenters. The summed E-state index contributed by atoms with van der Waals surface area (Å²) in [5.74, 6) is 5.16. The van der Waals surface area contributed by atoms with E-state index in [0.29, 0.717) is 5.82 Å². The van der Waals surface area contributed by atoms with Crippen molar-refractivity contribution in [3.05, 3.63) is 22.8 Å². The molecule has 0 aliphatic rings. The van der Waals surface area contributed by atoms with Gasteiger partial charge < -0.3 is 20.2 Å². The van der Waals surface area contributed by atoms with Gasteiger partial charge in [-0.1, -0.05) is 11.6 Å². The van der Waals surface area contributed by atoms with Crippen LogP contribution in [0.15, 0.2) is 12.1 Å². The fourth-order valence-corrected chi connectivity index (χ4v) is 1.68. The number of aliphatic hydroxyl groups excluding tert-OH is 1. The summed E-state index contributed by atoms with van der Waals surface area (Å²) in [7, 11) is 3.02. The Morgan fingerprint density at radius 2 is 2.37 bits per heavy atom. The maximum atomic E-state index is 12.1. The van der Waals surface area contributed by atoms with Crippen molar-refractivity contribution in [1.82, 2.24) is 9.88 Å². The van der Waals surface area contributed by atoms with Crippen molar-refractivity contribution < 1.29 is 14.6 Å². The number of methoxy groups -OCH3 is 1. The number of hydrazine groups is 1. The number of ether oxygens (including phenoxy) is 1. The van der Waals surface area contributed by atoms with E-state index >= 15 is 0 Å². The number of nitrogens with one attached hydrogen (secondary N) is 1. The van der Waals surface area contributed by atoms with E-state index in [2.05, 4.69) is 10.4 Å². The van der Waals surface area contributed by atoms with Crippen molar-refractivity contribution in [3.63, 3.8) is 0 Å². The van der Waals surface area contributed by atoms with E-state index in [1.807, 2.05) is 0 Å². The number of carbonyl (C=O) groups excluding carboxylic acids is 1. The molecule has 1 atom stereocenters. The number of likely N-dealkylation sites (N-methyl/N-ethyl adjacent to an activating group) is 1. The van der Waals surface area contributed by atoms with E-state index in [-0.39, 0.29) is 23.9 Å². The number of hydrogen-bond acceptors (Lipinski definition) is 6. The SMILES string of the molecule is COCC(O)CN(C)C(=O)c1nc(NN)ccc1Cl. The van der Waals surface area contributed by atoms with Gasteiger partial charge in [0.1, 0.15) is 11.5 Å². The minimum Gasteiger partial charge on any atom is -0.389 e. The van der Waals surface area contributed by atoms with Crippen molar-refractivity contribution in [3.8, 4) is 0 Å². The van der Waals surface area contributed by atoms with Gasteiger partial charge in [-0.2, -0.15) is 0 Å². The van der Waals surface area contributed by atoms with Crippen LogP contribution in [0, 0.1) is 0 Å². The summed E-state index contributed by atoms with van der Waals surface area (Å²) in [6.45, 7) is 0.258. The molecule has 0 saturated heterocycles. The van der Waals surface area contributed by atoms with Crippen LogP contribution in [-0.4, -0.2) is 54.3 Å². The Kier molecular flexibility index (Phi) is 5.97. The monoisotopic (exact) mass is 288 g/mol. The number of carbonyl (C=O) groups is 1. The summed E-state index contributed by atoms with van der Waals surface area (Å²) in [5, 5.41) is 9.80. The average Bonchev–Trinajstić information content (AvgIpc) is 2.38. The number of pyridine rings is 1. The molecular formula is C11H17ClN4O3. The number of nitrogens with two attached hydrogens (primary N) is 1. The molecule has 19 heavy (non-hydrogen) atoms. The molecule has 8 heteroatoms. The van der Waals surface area contributed by atoms with Gasteiger partial charge in [-0.25, -0.2) is 10.8 Å². The first kappa shape index (κ1) is 15.6. The molecule has 0 bridgehead atoms. The highest BCUT2D eigenvalue weighted by Gasteiger charge is 2.19. The van der Waals surface area contributed by atoms with Crippen molar-refractivity contribution in [2.75, 3.05) is 32.7 Å². The Morgan fingerprint density at radius 3 is 2.95 bits per heavy atom. The van der Waals surface area contributed by atoms with Crippen LogP contribution in [0.1, 0.15) is 10.5 Å². The Morgan fingerprint density at radius 1 is 1.68 bits per heavy atom. The summed E-state index contributed by atoms with van der Waals surface area (Å²) in [6.07, 6.45) is -0.770. The number of amides is 1. The van der Waals surface area contributed by atoms with Crippen LogP contribution in [0.4, 0.5) is 5.82 Å². The highest BCUT2D eigenvalue weighted by atomic mass is 35.5. The number of nitrogen functional groups attached to an aromatic ring is 1. The van der Waals surface area contributed by atoms with Crippen molar-refractivity contribution >= 4 is 23.3 Å². The summed E-state index contributed by atoms with van der Waals surface area (Å²) >= 11 is 5.92. The lowest BCUT2D eigenvalue weighted by atomic mass is 10.3. The first-order chi connectivity index (χ1) is 8.99. The Balaban J connectivity index is 2.81. The van der Waals surface area contributed by atoms with Crippen LogP contribution >= 0.6 is 11.6 Å². The topological polar surface area (TPSA) is 101 Å². The Labute approximate surface area is 116 Å².